The summed E-state index contributed by atoms with van der Waals surface area (Å²) in [7, 11) is 0. The Bertz CT molecular complexity index is 879. The summed E-state index contributed by atoms with van der Waals surface area (Å²) in [6.07, 6.45) is 1.72. The van der Waals surface area contributed by atoms with E-state index in [1.54, 1.807) is 11.8 Å². The minimum Gasteiger partial charge on any atom is -0.481 e. The van der Waals surface area contributed by atoms with Gasteiger partial charge >= 0.3 is 5.97 Å². The lowest BCUT2D eigenvalue weighted by molar-refractivity contribution is -0.143. The number of para-hydroxylation sites is 1. The maximum atomic E-state index is 11.2. The lowest BCUT2D eigenvalue weighted by Crippen LogP contribution is -2.40. The molecule has 0 spiro atoms. The Kier molecular flexibility index (Phi) is 6.65. The minimum atomic E-state index is -0.686. The summed E-state index contributed by atoms with van der Waals surface area (Å²) < 4.78 is 5.92. The number of piperidine rings is 1. The van der Waals surface area contributed by atoms with E-state index in [9.17, 15) is 9.90 Å². The van der Waals surface area contributed by atoms with E-state index >= 15 is 0 Å². The van der Waals surface area contributed by atoms with Crippen LogP contribution in [0.4, 0.5) is 11.4 Å². The van der Waals surface area contributed by atoms with Gasteiger partial charge in [-0.2, -0.15) is 0 Å². The van der Waals surface area contributed by atoms with Gasteiger partial charge in [0.25, 0.3) is 0 Å². The lowest BCUT2D eigenvalue weighted by Gasteiger charge is -2.33. The Labute approximate surface area is 180 Å². The van der Waals surface area contributed by atoms with Crippen LogP contribution in [0.25, 0.3) is 0 Å². The minimum absolute atomic E-state index is 0.243. The van der Waals surface area contributed by atoms with Crippen LogP contribution in [0.3, 0.4) is 0 Å². The maximum absolute atomic E-state index is 11.2. The highest BCUT2D eigenvalue weighted by atomic mass is 35.5. The standard InChI is InChI=1S/C22H25ClN2O3S/c23-17-7-8-21-19(14-17)25(18-5-1-2-6-20(18)29-21)11-13-28-12-10-24-9-3-4-16(15-24)22(26)27/h1-2,5-8,14,16H,3-4,9-13,15H2,(H,26,27)/t16-/m1/s1. The Morgan fingerprint density at radius 2 is 1.93 bits per heavy atom. The number of fused-ring (bicyclic) bond motifs is 2. The maximum Gasteiger partial charge on any atom is 0.307 e. The van der Waals surface area contributed by atoms with Gasteiger partial charge < -0.3 is 19.6 Å². The largest absolute Gasteiger partial charge is 0.481 e. The Hall–Kier alpha value is -1.73. The second-order valence-corrected chi connectivity index (χ2v) is 8.94. The van der Waals surface area contributed by atoms with Gasteiger partial charge in [-0.3, -0.25) is 4.79 Å². The average molecular weight is 433 g/mol. The molecular formula is C22H25ClN2O3S. The molecule has 0 aromatic heterocycles. The van der Waals surface area contributed by atoms with Gasteiger partial charge in [0.2, 0.25) is 0 Å². The average Bonchev–Trinajstić information content (AvgIpc) is 2.73. The van der Waals surface area contributed by atoms with E-state index in [2.05, 4.69) is 40.1 Å². The van der Waals surface area contributed by atoms with Gasteiger partial charge in [0.05, 0.1) is 30.5 Å². The molecule has 2 heterocycles. The first-order valence-corrected chi connectivity index (χ1v) is 11.2. The Morgan fingerprint density at radius 3 is 2.79 bits per heavy atom. The summed E-state index contributed by atoms with van der Waals surface area (Å²) in [5.74, 6) is -0.929. The number of aliphatic carboxylic acids is 1. The lowest BCUT2D eigenvalue weighted by atomic mass is 9.98. The van der Waals surface area contributed by atoms with Crippen molar-refractivity contribution in [2.45, 2.75) is 22.6 Å². The van der Waals surface area contributed by atoms with E-state index in [0.717, 1.165) is 43.2 Å². The van der Waals surface area contributed by atoms with Gasteiger partial charge in [0.15, 0.2) is 0 Å². The number of nitrogens with zero attached hydrogens (tertiary/aromatic N) is 2. The molecule has 0 amide bonds. The van der Waals surface area contributed by atoms with E-state index in [-0.39, 0.29) is 5.92 Å². The van der Waals surface area contributed by atoms with Crippen LogP contribution in [0.1, 0.15) is 12.8 Å². The van der Waals surface area contributed by atoms with Crippen LogP contribution in [0, 0.1) is 5.92 Å². The molecule has 2 aromatic rings. The highest BCUT2D eigenvalue weighted by Gasteiger charge is 2.25. The third kappa shape index (κ3) is 4.89. The number of ether oxygens (including phenoxy) is 1. The van der Waals surface area contributed by atoms with Crippen LogP contribution in [0.5, 0.6) is 0 Å². The van der Waals surface area contributed by atoms with E-state index in [1.165, 1.54) is 15.5 Å². The zero-order chi connectivity index (χ0) is 20.2. The number of likely N-dealkylation sites (tertiary alicyclic amines) is 1. The van der Waals surface area contributed by atoms with Crippen LogP contribution in [-0.2, 0) is 9.53 Å². The van der Waals surface area contributed by atoms with E-state index in [1.807, 2.05) is 12.1 Å². The Balaban J connectivity index is 1.33. The van der Waals surface area contributed by atoms with Crippen molar-refractivity contribution in [2.24, 2.45) is 5.92 Å². The number of carboxylic acids is 1. The first-order chi connectivity index (χ1) is 14.1. The van der Waals surface area contributed by atoms with Crippen LogP contribution in [-0.4, -0.2) is 55.4 Å². The highest BCUT2D eigenvalue weighted by molar-refractivity contribution is 7.99. The van der Waals surface area contributed by atoms with Gasteiger partial charge in [-0.15, -0.1) is 0 Å². The molecule has 29 heavy (non-hydrogen) atoms. The number of hydrogen-bond acceptors (Lipinski definition) is 5. The molecule has 1 atom stereocenters. The molecule has 2 aliphatic heterocycles. The molecule has 2 aliphatic rings. The quantitative estimate of drug-likeness (QED) is 0.637. The second kappa shape index (κ2) is 9.39. The normalized spacial score (nSPS) is 18.9. The van der Waals surface area contributed by atoms with Gasteiger partial charge in [0.1, 0.15) is 0 Å². The molecule has 0 bridgehead atoms. The van der Waals surface area contributed by atoms with Crippen molar-refractivity contribution in [2.75, 3.05) is 44.3 Å². The number of anilines is 2. The smallest absolute Gasteiger partial charge is 0.307 e. The fourth-order valence-electron chi connectivity index (χ4n) is 3.96. The number of hydrogen-bond donors (Lipinski definition) is 1. The monoisotopic (exact) mass is 432 g/mol. The van der Waals surface area contributed by atoms with Gasteiger partial charge in [-0.05, 0) is 49.7 Å². The topological polar surface area (TPSA) is 53.0 Å². The van der Waals surface area contributed by atoms with Crippen LogP contribution < -0.4 is 4.90 Å². The first kappa shape index (κ1) is 20.5. The van der Waals surface area contributed by atoms with Crippen molar-refractivity contribution in [3.63, 3.8) is 0 Å². The van der Waals surface area contributed by atoms with Crippen molar-refractivity contribution in [3.8, 4) is 0 Å². The van der Waals surface area contributed by atoms with Crippen molar-refractivity contribution >= 4 is 40.7 Å². The molecule has 5 nitrogen and oxygen atoms in total. The first-order valence-electron chi connectivity index (χ1n) is 9.98. The summed E-state index contributed by atoms with van der Waals surface area (Å²) in [6.45, 7) is 4.30. The van der Waals surface area contributed by atoms with E-state index < -0.39 is 5.97 Å². The summed E-state index contributed by atoms with van der Waals surface area (Å²) in [6, 6.07) is 14.4. The van der Waals surface area contributed by atoms with Gasteiger partial charge in [-0.25, -0.2) is 0 Å². The Morgan fingerprint density at radius 1 is 1.14 bits per heavy atom. The predicted molar refractivity (Wildman–Crippen MR) is 117 cm³/mol. The fraction of sp³-hybridized carbons (Fsp3) is 0.409. The third-order valence-electron chi connectivity index (χ3n) is 5.45. The molecule has 0 unspecified atom stereocenters. The molecule has 0 aliphatic carbocycles. The molecule has 0 saturated carbocycles. The number of benzene rings is 2. The second-order valence-electron chi connectivity index (χ2n) is 7.42. The zero-order valence-electron chi connectivity index (χ0n) is 16.2. The summed E-state index contributed by atoms with van der Waals surface area (Å²) in [5, 5.41) is 9.94. The molecule has 1 N–H and O–H groups in total. The van der Waals surface area contributed by atoms with Gasteiger partial charge in [0, 0.05) is 34.4 Å². The van der Waals surface area contributed by atoms with Crippen LogP contribution in [0.2, 0.25) is 5.02 Å². The number of rotatable bonds is 7. The van der Waals surface area contributed by atoms with Gasteiger partial charge in [-0.1, -0.05) is 35.5 Å². The van der Waals surface area contributed by atoms with Crippen molar-refractivity contribution in [1.29, 1.82) is 0 Å². The van der Waals surface area contributed by atoms with E-state index in [4.69, 9.17) is 16.3 Å². The van der Waals surface area contributed by atoms with Crippen LogP contribution in [0.15, 0.2) is 52.3 Å². The molecule has 1 saturated heterocycles. The fourth-order valence-corrected chi connectivity index (χ4v) is 5.20. The van der Waals surface area contributed by atoms with Crippen LogP contribution >= 0.6 is 23.4 Å². The number of halogens is 1. The summed E-state index contributed by atoms with van der Waals surface area (Å²) in [5.41, 5.74) is 2.29. The summed E-state index contributed by atoms with van der Waals surface area (Å²) >= 11 is 8.02. The molecule has 4 rings (SSSR count). The zero-order valence-corrected chi connectivity index (χ0v) is 17.8. The predicted octanol–water partition coefficient (Wildman–Crippen LogP) is 4.76. The molecular weight excluding hydrogens is 408 g/mol. The number of carbonyl (C=O) groups is 1. The summed E-state index contributed by atoms with van der Waals surface area (Å²) in [4.78, 5) is 18.1. The molecule has 2 aromatic carbocycles. The number of carboxylic acid groups (broad SMARTS) is 1. The third-order valence-corrected chi connectivity index (χ3v) is 6.82. The molecule has 0 radical (unpaired) electrons. The van der Waals surface area contributed by atoms with Crippen molar-refractivity contribution in [3.05, 3.63) is 47.5 Å². The SMILES string of the molecule is O=C(O)[C@@H]1CCCN(CCOCCN2c3ccccc3Sc3ccc(Cl)cc32)C1. The van der Waals surface area contributed by atoms with Crippen molar-refractivity contribution in [1.82, 2.24) is 4.90 Å². The molecule has 1 fully saturated rings. The van der Waals surface area contributed by atoms with Crippen molar-refractivity contribution < 1.29 is 14.6 Å². The van der Waals surface area contributed by atoms with E-state index in [0.29, 0.717) is 19.8 Å². The highest BCUT2D eigenvalue weighted by Crippen LogP contribution is 2.48. The molecule has 7 heteroatoms. The molecule has 154 valence electrons.